The van der Waals surface area contributed by atoms with E-state index in [-0.39, 0.29) is 17.9 Å². The molecule has 0 bridgehead atoms. The second-order valence-electron chi connectivity index (χ2n) is 5.18. The second kappa shape index (κ2) is 13.7. The normalized spacial score (nSPS) is 15.7. The molecular formula is C13H23F3O10S. The first-order valence-electron chi connectivity index (χ1n) is 6.98. The summed E-state index contributed by atoms with van der Waals surface area (Å²) >= 11 is 0. The fraction of sp³-hybridized carbons (Fsp3) is 0.769. The summed E-state index contributed by atoms with van der Waals surface area (Å²) in [6.07, 6.45) is -9.09. The Morgan fingerprint density at radius 2 is 1.30 bits per heavy atom. The number of alkyl halides is 3. The van der Waals surface area contributed by atoms with Gasteiger partial charge in [0.25, 0.3) is 0 Å². The number of aliphatic hydroxyl groups is 4. The van der Waals surface area contributed by atoms with Crippen LogP contribution in [0.1, 0.15) is 27.7 Å². The Hall–Kier alpha value is -1.45. The lowest BCUT2D eigenvalue weighted by Crippen LogP contribution is -2.47. The first-order valence-corrected chi connectivity index (χ1v) is 8.39. The van der Waals surface area contributed by atoms with Crippen LogP contribution in [0.5, 0.6) is 0 Å². The van der Waals surface area contributed by atoms with E-state index in [9.17, 15) is 36.0 Å². The van der Waals surface area contributed by atoms with Gasteiger partial charge in [0.15, 0.2) is 6.29 Å². The van der Waals surface area contributed by atoms with Crippen LogP contribution in [0, 0.1) is 0 Å². The van der Waals surface area contributed by atoms with Gasteiger partial charge in [-0.3, -0.25) is 4.18 Å². The highest BCUT2D eigenvalue weighted by Gasteiger charge is 2.48. The molecule has 0 aliphatic rings. The van der Waals surface area contributed by atoms with E-state index in [1.165, 1.54) is 27.7 Å². The number of Topliss-reactive ketones (excluding diaryl/α,β-unsaturated/α-hetero) is 2. The standard InChI is InChI=1S/C7H11F3O8S.2C3H6O/c8-7(9,10)19(16,17)18-2-4(13)6(15)5(14)3(12)1-11;2*1-3(2)4/h1,3-6,12-15H,2H2;2*1-2H3/t3-,4+,5+,6+;;/m0../s1. The van der Waals surface area contributed by atoms with Crippen LogP contribution in [0.3, 0.4) is 0 Å². The lowest BCUT2D eigenvalue weighted by Gasteiger charge is -2.23. The third kappa shape index (κ3) is 16.4. The Morgan fingerprint density at radius 3 is 1.56 bits per heavy atom. The molecule has 0 aromatic heterocycles. The number of ketones is 2. The van der Waals surface area contributed by atoms with E-state index in [0.29, 0.717) is 0 Å². The van der Waals surface area contributed by atoms with Crippen molar-refractivity contribution < 1.29 is 60.6 Å². The van der Waals surface area contributed by atoms with Gasteiger partial charge in [0.1, 0.15) is 36.0 Å². The highest BCUT2D eigenvalue weighted by Crippen LogP contribution is 2.24. The Kier molecular flexibility index (Phi) is 15.3. The van der Waals surface area contributed by atoms with Gasteiger partial charge in [0, 0.05) is 0 Å². The molecule has 0 unspecified atom stereocenters. The van der Waals surface area contributed by atoms with Crippen molar-refractivity contribution in [1.82, 2.24) is 0 Å². The summed E-state index contributed by atoms with van der Waals surface area (Å²) in [6, 6.07) is 0. The molecule has 14 heteroatoms. The van der Waals surface area contributed by atoms with Gasteiger partial charge in [-0.1, -0.05) is 0 Å². The Morgan fingerprint density at radius 1 is 0.963 bits per heavy atom. The smallest absolute Gasteiger partial charge is 0.388 e. The molecule has 0 aromatic rings. The van der Waals surface area contributed by atoms with Gasteiger partial charge in [-0.25, -0.2) is 0 Å². The van der Waals surface area contributed by atoms with Crippen LogP contribution >= 0.6 is 0 Å². The largest absolute Gasteiger partial charge is 0.523 e. The van der Waals surface area contributed by atoms with Crippen LogP contribution in [0.25, 0.3) is 0 Å². The van der Waals surface area contributed by atoms with Crippen molar-refractivity contribution in [2.45, 2.75) is 57.6 Å². The summed E-state index contributed by atoms with van der Waals surface area (Å²) in [5.74, 6) is 0.333. The average Bonchev–Trinajstić information content (AvgIpc) is 2.48. The molecule has 0 radical (unpaired) electrons. The van der Waals surface area contributed by atoms with Crippen molar-refractivity contribution >= 4 is 28.0 Å². The van der Waals surface area contributed by atoms with Gasteiger partial charge < -0.3 is 34.8 Å². The van der Waals surface area contributed by atoms with Crippen LogP contribution in [-0.2, 0) is 28.7 Å². The summed E-state index contributed by atoms with van der Waals surface area (Å²) in [5.41, 5.74) is -5.71. The van der Waals surface area contributed by atoms with Crippen molar-refractivity contribution in [3.8, 4) is 0 Å². The molecule has 0 spiro atoms. The molecule has 0 aliphatic carbocycles. The number of hydrogen-bond acceptors (Lipinski definition) is 10. The first-order chi connectivity index (χ1) is 11.9. The second-order valence-corrected chi connectivity index (χ2v) is 6.78. The Labute approximate surface area is 153 Å². The molecule has 0 saturated carbocycles. The van der Waals surface area contributed by atoms with E-state index >= 15 is 0 Å². The molecule has 0 fully saturated rings. The minimum absolute atomic E-state index is 0.167. The zero-order valence-corrected chi connectivity index (χ0v) is 15.7. The lowest BCUT2D eigenvalue weighted by molar-refractivity contribution is -0.136. The summed E-state index contributed by atoms with van der Waals surface area (Å²) in [5, 5.41) is 36.0. The van der Waals surface area contributed by atoms with Crippen molar-refractivity contribution in [2.24, 2.45) is 0 Å². The van der Waals surface area contributed by atoms with Crippen molar-refractivity contribution in [3.63, 3.8) is 0 Å². The SMILES string of the molecule is CC(C)=O.CC(C)=O.O=C[C@H](O)[C@@H](O)[C@H](O)[C@H](O)COS(=O)(=O)C(F)(F)F. The first kappa shape index (κ1) is 30.3. The summed E-state index contributed by atoms with van der Waals surface area (Å²) < 4.78 is 59.8. The topological polar surface area (TPSA) is 175 Å². The van der Waals surface area contributed by atoms with E-state index in [2.05, 4.69) is 4.18 Å². The summed E-state index contributed by atoms with van der Waals surface area (Å²) in [6.45, 7) is 4.59. The third-order valence-electron chi connectivity index (χ3n) is 1.91. The number of aliphatic hydroxyl groups excluding tert-OH is 4. The summed E-state index contributed by atoms with van der Waals surface area (Å²) in [7, 11) is -5.96. The summed E-state index contributed by atoms with van der Waals surface area (Å²) in [4.78, 5) is 28.9. The monoisotopic (exact) mass is 428 g/mol. The maximum absolute atomic E-state index is 11.8. The van der Waals surface area contributed by atoms with E-state index in [1.807, 2.05) is 0 Å². The predicted molar refractivity (Wildman–Crippen MR) is 83.7 cm³/mol. The highest BCUT2D eigenvalue weighted by atomic mass is 32.2. The number of carbonyl (C=O) groups excluding carboxylic acids is 3. The number of rotatable bonds is 7. The van der Waals surface area contributed by atoms with Gasteiger partial charge >= 0.3 is 15.6 Å². The quantitative estimate of drug-likeness (QED) is 0.216. The Bertz CT molecular complexity index is 541. The maximum atomic E-state index is 11.8. The average molecular weight is 428 g/mol. The zero-order valence-electron chi connectivity index (χ0n) is 14.9. The van der Waals surface area contributed by atoms with Crippen molar-refractivity contribution in [1.29, 1.82) is 0 Å². The fourth-order valence-corrected chi connectivity index (χ4v) is 1.29. The number of aldehydes is 1. The molecular weight excluding hydrogens is 405 g/mol. The number of halogens is 3. The molecule has 27 heavy (non-hydrogen) atoms. The van der Waals surface area contributed by atoms with E-state index in [1.54, 1.807) is 0 Å². The minimum atomic E-state index is -5.96. The highest BCUT2D eigenvalue weighted by molar-refractivity contribution is 7.87. The lowest BCUT2D eigenvalue weighted by atomic mass is 10.0. The molecule has 0 aromatic carbocycles. The molecule has 4 N–H and O–H groups in total. The maximum Gasteiger partial charge on any atom is 0.523 e. The van der Waals surface area contributed by atoms with E-state index in [0.717, 1.165) is 0 Å². The van der Waals surface area contributed by atoms with Gasteiger partial charge in [-0.15, -0.1) is 0 Å². The number of hydrogen-bond donors (Lipinski definition) is 4. The zero-order chi connectivity index (χ0) is 22.6. The predicted octanol–water partition coefficient (Wildman–Crippen LogP) is -1.31. The van der Waals surface area contributed by atoms with Crippen LogP contribution in [-0.4, -0.2) is 83.2 Å². The molecule has 0 saturated heterocycles. The van der Waals surface area contributed by atoms with Crippen molar-refractivity contribution in [2.75, 3.05) is 6.61 Å². The minimum Gasteiger partial charge on any atom is -0.388 e. The molecule has 0 rings (SSSR count). The molecule has 10 nitrogen and oxygen atoms in total. The Balaban J connectivity index is -0.000000603. The molecule has 4 atom stereocenters. The third-order valence-corrected chi connectivity index (χ3v) is 2.92. The fourth-order valence-electron chi connectivity index (χ4n) is 0.835. The van der Waals surface area contributed by atoms with Gasteiger partial charge in [-0.2, -0.15) is 21.6 Å². The number of carbonyl (C=O) groups is 3. The van der Waals surface area contributed by atoms with Gasteiger partial charge in [0.2, 0.25) is 0 Å². The van der Waals surface area contributed by atoms with Gasteiger partial charge in [-0.05, 0) is 27.7 Å². The van der Waals surface area contributed by atoms with Crippen LogP contribution in [0.4, 0.5) is 13.2 Å². The van der Waals surface area contributed by atoms with Crippen LogP contribution in [0.2, 0.25) is 0 Å². The van der Waals surface area contributed by atoms with Gasteiger partial charge in [0.05, 0.1) is 6.61 Å². The molecule has 0 aliphatic heterocycles. The van der Waals surface area contributed by atoms with E-state index < -0.39 is 46.6 Å². The van der Waals surface area contributed by atoms with E-state index in [4.69, 9.17) is 20.4 Å². The van der Waals surface area contributed by atoms with Crippen LogP contribution < -0.4 is 0 Å². The van der Waals surface area contributed by atoms with Crippen molar-refractivity contribution in [3.05, 3.63) is 0 Å². The molecule has 0 heterocycles. The molecule has 0 amide bonds. The van der Waals surface area contributed by atoms with Crippen LogP contribution in [0.15, 0.2) is 0 Å². The molecule has 162 valence electrons.